The van der Waals surface area contributed by atoms with Crippen LogP contribution in [0.5, 0.6) is 0 Å². The van der Waals surface area contributed by atoms with Crippen LogP contribution in [0, 0.1) is 0 Å². The first kappa shape index (κ1) is 14.3. The molecule has 3 unspecified atom stereocenters. The van der Waals surface area contributed by atoms with Gasteiger partial charge in [0.2, 0.25) is 0 Å². The highest BCUT2D eigenvalue weighted by atomic mass is 16.5. The van der Waals surface area contributed by atoms with Crippen LogP contribution in [-0.4, -0.2) is 48.8 Å². The fourth-order valence-electron chi connectivity index (χ4n) is 3.56. The molecule has 0 amide bonds. The van der Waals surface area contributed by atoms with Gasteiger partial charge in [-0.05, 0) is 52.1 Å². The third kappa shape index (κ3) is 3.25. The van der Waals surface area contributed by atoms with Crippen LogP contribution in [0.3, 0.4) is 0 Å². The van der Waals surface area contributed by atoms with Gasteiger partial charge >= 0.3 is 0 Å². The van der Waals surface area contributed by atoms with Crippen molar-refractivity contribution in [1.82, 2.24) is 10.2 Å². The molecule has 0 saturated carbocycles. The Labute approximate surface area is 112 Å². The minimum atomic E-state index is 0.110. The zero-order chi connectivity index (χ0) is 13.0. The molecule has 0 aliphatic carbocycles. The lowest BCUT2D eigenvalue weighted by molar-refractivity contribution is -0.102. The van der Waals surface area contributed by atoms with Crippen LogP contribution in [0.1, 0.15) is 52.9 Å². The first-order valence-electron chi connectivity index (χ1n) is 7.79. The van der Waals surface area contributed by atoms with Crippen molar-refractivity contribution in [3.8, 4) is 0 Å². The Morgan fingerprint density at radius 1 is 1.28 bits per heavy atom. The van der Waals surface area contributed by atoms with E-state index in [2.05, 4.69) is 31.0 Å². The van der Waals surface area contributed by atoms with Gasteiger partial charge in [-0.3, -0.25) is 4.90 Å². The molecule has 0 radical (unpaired) electrons. The van der Waals surface area contributed by atoms with Gasteiger partial charge in [0.25, 0.3) is 0 Å². The zero-order valence-corrected chi connectivity index (χ0v) is 12.4. The zero-order valence-electron chi connectivity index (χ0n) is 12.4. The Morgan fingerprint density at radius 3 is 2.72 bits per heavy atom. The predicted octanol–water partition coefficient (Wildman–Crippen LogP) is 2.41. The topological polar surface area (TPSA) is 24.5 Å². The van der Waals surface area contributed by atoms with E-state index < -0.39 is 0 Å². The maximum atomic E-state index is 5.98. The minimum absolute atomic E-state index is 0.110. The summed E-state index contributed by atoms with van der Waals surface area (Å²) in [4.78, 5) is 2.74. The Bertz CT molecular complexity index is 253. The van der Waals surface area contributed by atoms with Crippen LogP contribution >= 0.6 is 0 Å². The summed E-state index contributed by atoms with van der Waals surface area (Å²) in [5, 5.41) is 3.55. The van der Waals surface area contributed by atoms with E-state index in [1.807, 2.05) is 0 Å². The monoisotopic (exact) mass is 254 g/mol. The van der Waals surface area contributed by atoms with Crippen LogP contribution in [0.4, 0.5) is 0 Å². The van der Waals surface area contributed by atoms with Gasteiger partial charge in [-0.15, -0.1) is 0 Å². The molecule has 2 heterocycles. The Balaban J connectivity index is 1.98. The summed E-state index contributed by atoms with van der Waals surface area (Å²) in [5.74, 6) is 0. The third-order valence-electron chi connectivity index (χ3n) is 4.89. The molecule has 2 aliphatic heterocycles. The standard InChI is InChI=1S/C15H30N2O/c1-4-15(3)11-13(8-10-18-15)17(5-2)14-7-6-9-16-12-14/h13-14,16H,4-12H2,1-3H3. The average molecular weight is 254 g/mol. The highest BCUT2D eigenvalue weighted by Crippen LogP contribution is 2.31. The second-order valence-corrected chi connectivity index (χ2v) is 6.13. The van der Waals surface area contributed by atoms with Crippen molar-refractivity contribution in [3.05, 3.63) is 0 Å². The van der Waals surface area contributed by atoms with E-state index in [9.17, 15) is 0 Å². The molecule has 106 valence electrons. The average Bonchev–Trinajstić information content (AvgIpc) is 2.41. The van der Waals surface area contributed by atoms with Crippen molar-refractivity contribution in [2.24, 2.45) is 0 Å². The fourth-order valence-corrected chi connectivity index (χ4v) is 3.56. The third-order valence-corrected chi connectivity index (χ3v) is 4.89. The molecule has 2 fully saturated rings. The van der Waals surface area contributed by atoms with E-state index in [1.165, 1.54) is 45.3 Å². The number of piperidine rings is 1. The predicted molar refractivity (Wildman–Crippen MR) is 75.9 cm³/mol. The summed E-state index contributed by atoms with van der Waals surface area (Å²) >= 11 is 0. The Kier molecular flexibility index (Phi) is 5.05. The van der Waals surface area contributed by atoms with Crippen LogP contribution in [-0.2, 0) is 4.74 Å². The lowest BCUT2D eigenvalue weighted by Gasteiger charge is -2.46. The van der Waals surface area contributed by atoms with Crippen molar-refractivity contribution >= 4 is 0 Å². The highest BCUT2D eigenvalue weighted by Gasteiger charge is 2.36. The molecule has 3 heteroatoms. The number of nitrogens with zero attached hydrogens (tertiary/aromatic N) is 1. The number of ether oxygens (including phenoxy) is 1. The van der Waals surface area contributed by atoms with Crippen molar-refractivity contribution < 1.29 is 4.74 Å². The highest BCUT2D eigenvalue weighted by molar-refractivity contribution is 4.90. The number of hydrogen-bond acceptors (Lipinski definition) is 3. The Morgan fingerprint density at radius 2 is 2.11 bits per heavy atom. The fraction of sp³-hybridized carbons (Fsp3) is 1.00. The number of rotatable bonds is 4. The van der Waals surface area contributed by atoms with Crippen LogP contribution in [0.25, 0.3) is 0 Å². The Hall–Kier alpha value is -0.120. The van der Waals surface area contributed by atoms with Gasteiger partial charge < -0.3 is 10.1 Å². The molecule has 1 N–H and O–H groups in total. The van der Waals surface area contributed by atoms with Crippen molar-refractivity contribution in [1.29, 1.82) is 0 Å². The molecule has 3 atom stereocenters. The van der Waals surface area contributed by atoms with Gasteiger partial charge in [0, 0.05) is 25.2 Å². The molecule has 0 aromatic heterocycles. The maximum absolute atomic E-state index is 5.98. The van der Waals surface area contributed by atoms with Crippen LogP contribution < -0.4 is 5.32 Å². The summed E-state index contributed by atoms with van der Waals surface area (Å²) in [6, 6.07) is 1.46. The molecule has 18 heavy (non-hydrogen) atoms. The van der Waals surface area contributed by atoms with Gasteiger partial charge in [0.15, 0.2) is 0 Å². The van der Waals surface area contributed by atoms with E-state index in [4.69, 9.17) is 4.74 Å². The van der Waals surface area contributed by atoms with Crippen molar-refractivity contribution in [2.45, 2.75) is 70.6 Å². The van der Waals surface area contributed by atoms with Crippen LogP contribution in [0.2, 0.25) is 0 Å². The number of likely N-dealkylation sites (N-methyl/N-ethyl adjacent to an activating group) is 1. The summed E-state index contributed by atoms with van der Waals surface area (Å²) in [7, 11) is 0. The largest absolute Gasteiger partial charge is 0.375 e. The first-order chi connectivity index (χ1) is 8.68. The minimum Gasteiger partial charge on any atom is -0.375 e. The van der Waals surface area contributed by atoms with E-state index >= 15 is 0 Å². The molecule has 2 aliphatic rings. The molecule has 0 bridgehead atoms. The summed E-state index contributed by atoms with van der Waals surface area (Å²) in [5.41, 5.74) is 0.110. The van der Waals surface area contributed by atoms with Crippen LogP contribution in [0.15, 0.2) is 0 Å². The molecule has 2 saturated heterocycles. The molecular weight excluding hydrogens is 224 g/mol. The SMILES string of the molecule is CCN(C1CCCNC1)C1CCOC(C)(CC)C1. The first-order valence-corrected chi connectivity index (χ1v) is 7.79. The van der Waals surface area contributed by atoms with Gasteiger partial charge in [-0.25, -0.2) is 0 Å². The lowest BCUT2D eigenvalue weighted by Crippen LogP contribution is -2.54. The maximum Gasteiger partial charge on any atom is 0.0666 e. The normalized spacial score (nSPS) is 38.0. The van der Waals surface area contributed by atoms with E-state index in [-0.39, 0.29) is 5.60 Å². The molecule has 0 aromatic rings. The molecule has 3 nitrogen and oxygen atoms in total. The lowest BCUT2D eigenvalue weighted by atomic mass is 9.88. The number of nitrogens with one attached hydrogen (secondary N) is 1. The van der Waals surface area contributed by atoms with Crippen molar-refractivity contribution in [2.75, 3.05) is 26.2 Å². The van der Waals surface area contributed by atoms with Crippen molar-refractivity contribution in [3.63, 3.8) is 0 Å². The second-order valence-electron chi connectivity index (χ2n) is 6.13. The molecule has 0 spiro atoms. The quantitative estimate of drug-likeness (QED) is 0.834. The van der Waals surface area contributed by atoms with Gasteiger partial charge in [0.1, 0.15) is 0 Å². The summed E-state index contributed by atoms with van der Waals surface area (Å²) in [6.45, 7) is 11.3. The second kappa shape index (κ2) is 6.36. The molecule has 2 rings (SSSR count). The van der Waals surface area contributed by atoms with E-state index in [1.54, 1.807) is 0 Å². The van der Waals surface area contributed by atoms with E-state index in [0.29, 0.717) is 0 Å². The van der Waals surface area contributed by atoms with Gasteiger partial charge in [0.05, 0.1) is 5.60 Å². The van der Waals surface area contributed by atoms with E-state index in [0.717, 1.165) is 25.1 Å². The summed E-state index contributed by atoms with van der Waals surface area (Å²) < 4.78 is 5.98. The summed E-state index contributed by atoms with van der Waals surface area (Å²) in [6.07, 6.45) is 6.23. The number of hydrogen-bond donors (Lipinski definition) is 1. The van der Waals surface area contributed by atoms with Gasteiger partial charge in [-0.2, -0.15) is 0 Å². The molecular formula is C15H30N2O. The smallest absolute Gasteiger partial charge is 0.0666 e. The molecule has 0 aromatic carbocycles. The van der Waals surface area contributed by atoms with Gasteiger partial charge in [-0.1, -0.05) is 13.8 Å².